The van der Waals surface area contributed by atoms with Gasteiger partial charge >= 0.3 is 5.97 Å². The number of thioether (sulfide) groups is 2. The molecule has 5 heteroatoms. The van der Waals surface area contributed by atoms with Crippen molar-refractivity contribution in [2.75, 3.05) is 11.5 Å². The summed E-state index contributed by atoms with van der Waals surface area (Å²) < 4.78 is 5.37. The zero-order valence-corrected chi connectivity index (χ0v) is 12.5. The van der Waals surface area contributed by atoms with Gasteiger partial charge in [-0.05, 0) is 27.2 Å². The first-order valence-electron chi connectivity index (χ1n) is 5.76. The van der Waals surface area contributed by atoms with Crippen LogP contribution in [0.4, 0.5) is 0 Å². The molecule has 1 saturated heterocycles. The number of carbonyl (C=O) groups excluding carboxylic acids is 2. The molecular formula is C12H20O3S2. The smallest absolute Gasteiger partial charge is 0.310 e. The van der Waals surface area contributed by atoms with Gasteiger partial charge in [0.2, 0.25) is 0 Å². The molecule has 0 saturated carbocycles. The molecule has 98 valence electrons. The predicted molar refractivity (Wildman–Crippen MR) is 73.3 cm³/mol. The van der Waals surface area contributed by atoms with Gasteiger partial charge in [0.25, 0.3) is 0 Å². The van der Waals surface area contributed by atoms with E-state index in [1.54, 1.807) is 18.7 Å². The maximum Gasteiger partial charge on any atom is 0.310 e. The zero-order valence-electron chi connectivity index (χ0n) is 10.8. The lowest BCUT2D eigenvalue weighted by Crippen LogP contribution is -2.29. The minimum atomic E-state index is -0.409. The standard InChI is InChI=1S/C12H20O3S2/c1-8(13)16-7-10-5-9(6-17-10)11(14)15-12(2,3)4/h9-10H,5-7H2,1-4H3/t9-,10+/m0/s1. The summed E-state index contributed by atoms with van der Waals surface area (Å²) in [5, 5.41) is 0.549. The van der Waals surface area contributed by atoms with Crippen molar-refractivity contribution in [3.63, 3.8) is 0 Å². The van der Waals surface area contributed by atoms with E-state index in [9.17, 15) is 9.59 Å². The van der Waals surface area contributed by atoms with Crippen LogP contribution in [0.15, 0.2) is 0 Å². The van der Waals surface area contributed by atoms with E-state index in [1.807, 2.05) is 20.8 Å². The molecule has 0 unspecified atom stereocenters. The number of hydrogen-bond donors (Lipinski definition) is 0. The number of hydrogen-bond acceptors (Lipinski definition) is 5. The van der Waals surface area contributed by atoms with Gasteiger partial charge in [0.1, 0.15) is 5.60 Å². The Labute approximate surface area is 111 Å². The molecule has 2 atom stereocenters. The van der Waals surface area contributed by atoms with E-state index < -0.39 is 5.60 Å². The van der Waals surface area contributed by atoms with E-state index in [-0.39, 0.29) is 17.0 Å². The highest BCUT2D eigenvalue weighted by Crippen LogP contribution is 2.34. The fourth-order valence-electron chi connectivity index (χ4n) is 1.58. The van der Waals surface area contributed by atoms with Crippen molar-refractivity contribution in [1.82, 2.24) is 0 Å². The second-order valence-corrected chi connectivity index (χ2v) is 7.75. The molecule has 1 aliphatic rings. The Hall–Kier alpha value is -0.160. The molecule has 0 aromatic heterocycles. The lowest BCUT2D eigenvalue weighted by molar-refractivity contribution is -0.159. The predicted octanol–water partition coefficient (Wildman–Crippen LogP) is 2.73. The average molecular weight is 276 g/mol. The van der Waals surface area contributed by atoms with Gasteiger partial charge in [0.15, 0.2) is 5.12 Å². The summed E-state index contributed by atoms with van der Waals surface area (Å²) in [5.74, 6) is 1.52. The third kappa shape index (κ3) is 5.82. The van der Waals surface area contributed by atoms with Crippen LogP contribution in [-0.4, -0.2) is 33.4 Å². The van der Waals surface area contributed by atoms with Crippen molar-refractivity contribution in [2.24, 2.45) is 5.92 Å². The first-order valence-corrected chi connectivity index (χ1v) is 7.79. The van der Waals surface area contributed by atoms with E-state index >= 15 is 0 Å². The maximum atomic E-state index is 11.8. The van der Waals surface area contributed by atoms with Crippen LogP contribution < -0.4 is 0 Å². The Bertz CT molecular complexity index is 297. The Kier molecular flexibility index (Phi) is 5.38. The third-order valence-electron chi connectivity index (χ3n) is 2.29. The topological polar surface area (TPSA) is 43.4 Å². The largest absolute Gasteiger partial charge is 0.460 e. The molecule has 1 fully saturated rings. The fraction of sp³-hybridized carbons (Fsp3) is 0.833. The highest BCUT2D eigenvalue weighted by molar-refractivity contribution is 8.14. The summed E-state index contributed by atoms with van der Waals surface area (Å²) >= 11 is 3.12. The van der Waals surface area contributed by atoms with Gasteiger partial charge in [-0.2, -0.15) is 11.8 Å². The van der Waals surface area contributed by atoms with Gasteiger partial charge in [-0.25, -0.2) is 0 Å². The van der Waals surface area contributed by atoms with Crippen LogP contribution in [0.3, 0.4) is 0 Å². The minimum Gasteiger partial charge on any atom is -0.460 e. The number of rotatable bonds is 3. The number of esters is 1. The molecule has 0 amide bonds. The van der Waals surface area contributed by atoms with Crippen LogP contribution in [0.2, 0.25) is 0 Å². The fourth-order valence-corrected chi connectivity index (χ4v) is 3.87. The summed E-state index contributed by atoms with van der Waals surface area (Å²) in [4.78, 5) is 22.7. The molecule has 3 nitrogen and oxygen atoms in total. The summed E-state index contributed by atoms with van der Waals surface area (Å²) in [6.45, 7) is 7.23. The van der Waals surface area contributed by atoms with Crippen molar-refractivity contribution >= 4 is 34.6 Å². The van der Waals surface area contributed by atoms with Gasteiger partial charge in [-0.1, -0.05) is 11.8 Å². The van der Waals surface area contributed by atoms with Crippen LogP contribution >= 0.6 is 23.5 Å². The van der Waals surface area contributed by atoms with Crippen molar-refractivity contribution < 1.29 is 14.3 Å². The highest BCUT2D eigenvalue weighted by atomic mass is 32.2. The summed E-state index contributed by atoms with van der Waals surface area (Å²) in [6, 6.07) is 0. The molecule has 1 heterocycles. The monoisotopic (exact) mass is 276 g/mol. The van der Waals surface area contributed by atoms with Crippen LogP contribution in [0, 0.1) is 5.92 Å². The molecule has 0 aromatic carbocycles. The first kappa shape index (κ1) is 14.9. The van der Waals surface area contributed by atoms with Gasteiger partial charge in [0, 0.05) is 23.7 Å². The van der Waals surface area contributed by atoms with Crippen molar-refractivity contribution in [3.05, 3.63) is 0 Å². The van der Waals surface area contributed by atoms with Crippen LogP contribution in [0.1, 0.15) is 34.1 Å². The van der Waals surface area contributed by atoms with Gasteiger partial charge in [0.05, 0.1) is 5.92 Å². The van der Waals surface area contributed by atoms with Crippen molar-refractivity contribution in [3.8, 4) is 0 Å². The SMILES string of the molecule is CC(=O)SC[C@H]1C[C@H](C(=O)OC(C)(C)C)CS1. The summed E-state index contributed by atoms with van der Waals surface area (Å²) in [6.07, 6.45) is 0.833. The van der Waals surface area contributed by atoms with Crippen molar-refractivity contribution in [2.45, 2.75) is 45.0 Å². The van der Waals surface area contributed by atoms with Crippen LogP contribution in [-0.2, 0) is 14.3 Å². The quantitative estimate of drug-likeness (QED) is 0.742. The molecule has 0 N–H and O–H groups in total. The molecule has 0 spiro atoms. The molecule has 0 aliphatic carbocycles. The second kappa shape index (κ2) is 6.14. The van der Waals surface area contributed by atoms with Gasteiger partial charge in [-0.15, -0.1) is 0 Å². The van der Waals surface area contributed by atoms with Crippen LogP contribution in [0.25, 0.3) is 0 Å². The van der Waals surface area contributed by atoms with E-state index in [4.69, 9.17) is 4.74 Å². The number of carbonyl (C=O) groups is 2. The lowest BCUT2D eigenvalue weighted by atomic mass is 10.1. The average Bonchev–Trinajstić information content (AvgIpc) is 2.60. The highest BCUT2D eigenvalue weighted by Gasteiger charge is 2.33. The minimum absolute atomic E-state index is 0.00298. The van der Waals surface area contributed by atoms with Crippen LogP contribution in [0.5, 0.6) is 0 Å². The van der Waals surface area contributed by atoms with Gasteiger partial charge < -0.3 is 4.74 Å². The Balaban J connectivity index is 2.34. The van der Waals surface area contributed by atoms with E-state index in [0.717, 1.165) is 17.9 Å². The summed E-state index contributed by atoms with van der Waals surface area (Å²) in [7, 11) is 0. The molecule has 0 radical (unpaired) electrons. The lowest BCUT2D eigenvalue weighted by Gasteiger charge is -2.21. The normalized spacial score (nSPS) is 24.7. The molecule has 1 rings (SSSR count). The number of ether oxygens (including phenoxy) is 1. The molecule has 17 heavy (non-hydrogen) atoms. The first-order chi connectivity index (χ1) is 7.78. The van der Waals surface area contributed by atoms with E-state index in [2.05, 4.69) is 0 Å². The van der Waals surface area contributed by atoms with E-state index in [0.29, 0.717) is 5.25 Å². The molecule has 1 aliphatic heterocycles. The Morgan fingerprint density at radius 2 is 2.06 bits per heavy atom. The molecular weight excluding hydrogens is 256 g/mol. The Morgan fingerprint density at radius 3 is 2.59 bits per heavy atom. The zero-order chi connectivity index (χ0) is 13.1. The maximum absolute atomic E-state index is 11.8. The Morgan fingerprint density at radius 1 is 1.41 bits per heavy atom. The van der Waals surface area contributed by atoms with Crippen molar-refractivity contribution in [1.29, 1.82) is 0 Å². The third-order valence-corrected chi connectivity index (χ3v) is 4.91. The van der Waals surface area contributed by atoms with E-state index in [1.165, 1.54) is 11.8 Å². The second-order valence-electron chi connectivity index (χ2n) is 5.22. The summed E-state index contributed by atoms with van der Waals surface area (Å²) in [5.41, 5.74) is -0.409. The molecule has 0 aromatic rings. The molecule has 0 bridgehead atoms. The van der Waals surface area contributed by atoms with Gasteiger partial charge in [-0.3, -0.25) is 9.59 Å².